The van der Waals surface area contributed by atoms with Gasteiger partial charge in [0.2, 0.25) is 5.91 Å². The Bertz CT molecular complexity index is 528. The molecule has 0 aliphatic rings. The normalized spacial score (nSPS) is 11.6. The highest BCUT2D eigenvalue weighted by Crippen LogP contribution is 2.18. The Balaban J connectivity index is 3.00. The number of anilines is 2. The number of hydrogen-bond acceptors (Lipinski definition) is 4. The predicted molar refractivity (Wildman–Crippen MR) is 76.9 cm³/mol. The van der Waals surface area contributed by atoms with Gasteiger partial charge in [0.25, 0.3) is 0 Å². The van der Waals surface area contributed by atoms with Gasteiger partial charge in [0.05, 0.1) is 5.69 Å². The van der Waals surface area contributed by atoms with Crippen LogP contribution in [0.25, 0.3) is 0 Å². The van der Waals surface area contributed by atoms with E-state index in [-0.39, 0.29) is 11.7 Å². The number of hydrogen-bond donors (Lipinski definition) is 2. The van der Waals surface area contributed by atoms with Gasteiger partial charge in [0, 0.05) is 18.7 Å². The van der Waals surface area contributed by atoms with Gasteiger partial charge >= 0.3 is 11.8 Å². The Morgan fingerprint density at radius 2 is 2.00 bits per heavy atom. The molecule has 3 amide bonds. The summed E-state index contributed by atoms with van der Waals surface area (Å²) in [5, 5.41) is 2.54. The van der Waals surface area contributed by atoms with Crippen LogP contribution in [0.15, 0.2) is 24.3 Å². The predicted octanol–water partition coefficient (Wildman–Crippen LogP) is 1.06. The number of nitrogens with zero attached hydrogens (tertiary/aromatic N) is 1. The number of amides is 3. The van der Waals surface area contributed by atoms with Crippen molar-refractivity contribution in [3.05, 3.63) is 24.3 Å². The summed E-state index contributed by atoms with van der Waals surface area (Å²) in [6, 6.07) is 6.12. The number of imide groups is 1. The van der Waals surface area contributed by atoms with Gasteiger partial charge in [-0.3, -0.25) is 14.4 Å². The minimum absolute atomic E-state index is 0.138. The van der Waals surface area contributed by atoms with E-state index in [0.717, 1.165) is 4.90 Å². The van der Waals surface area contributed by atoms with Gasteiger partial charge in [0.1, 0.15) is 0 Å². The number of nitrogens with one attached hydrogen (secondary N) is 1. The van der Waals surface area contributed by atoms with Crippen molar-refractivity contribution >= 4 is 29.1 Å². The molecule has 1 unspecified atom stereocenters. The second-order valence-corrected chi connectivity index (χ2v) is 4.54. The maximum absolute atomic E-state index is 12.1. The van der Waals surface area contributed by atoms with Gasteiger partial charge < -0.3 is 11.1 Å². The van der Waals surface area contributed by atoms with Crippen LogP contribution in [0.2, 0.25) is 0 Å². The number of benzene rings is 1. The molecule has 1 rings (SSSR count). The Kier molecular flexibility index (Phi) is 5.25. The summed E-state index contributed by atoms with van der Waals surface area (Å²) in [5.41, 5.74) is 6.31. The van der Waals surface area contributed by atoms with E-state index in [1.165, 1.54) is 13.0 Å². The number of carbonyl (C=O) groups excluding carboxylic acids is 3. The van der Waals surface area contributed by atoms with Gasteiger partial charge in [0.15, 0.2) is 0 Å². The van der Waals surface area contributed by atoms with Crippen LogP contribution < -0.4 is 16.0 Å². The summed E-state index contributed by atoms with van der Waals surface area (Å²) in [4.78, 5) is 36.4. The molecule has 0 heterocycles. The van der Waals surface area contributed by atoms with Crippen molar-refractivity contribution in [2.75, 3.05) is 10.6 Å². The highest BCUT2D eigenvalue weighted by atomic mass is 16.2. The summed E-state index contributed by atoms with van der Waals surface area (Å²) in [6.45, 7) is 4.89. The van der Waals surface area contributed by atoms with Crippen LogP contribution in [0.5, 0.6) is 0 Å². The lowest BCUT2D eigenvalue weighted by atomic mass is 10.2. The zero-order valence-electron chi connectivity index (χ0n) is 11.8. The van der Waals surface area contributed by atoms with Crippen molar-refractivity contribution in [3.63, 3.8) is 0 Å². The lowest BCUT2D eigenvalue weighted by molar-refractivity contribution is -0.139. The quantitative estimate of drug-likeness (QED) is 0.638. The maximum Gasteiger partial charge on any atom is 0.323 e. The van der Waals surface area contributed by atoms with Crippen LogP contribution in [0.3, 0.4) is 0 Å². The second kappa shape index (κ2) is 6.70. The molecule has 1 aromatic rings. The monoisotopic (exact) mass is 277 g/mol. The molecule has 0 aromatic heterocycles. The minimum atomic E-state index is -0.914. The van der Waals surface area contributed by atoms with Crippen LogP contribution in [-0.4, -0.2) is 23.8 Å². The summed E-state index contributed by atoms with van der Waals surface area (Å²) >= 11 is 0. The summed E-state index contributed by atoms with van der Waals surface area (Å²) in [6.07, 6.45) is 0.692. The lowest BCUT2D eigenvalue weighted by Crippen LogP contribution is -2.47. The first-order valence-electron chi connectivity index (χ1n) is 6.37. The highest BCUT2D eigenvalue weighted by molar-refractivity contribution is 6.45. The van der Waals surface area contributed by atoms with Crippen molar-refractivity contribution in [2.24, 2.45) is 0 Å². The lowest BCUT2D eigenvalue weighted by Gasteiger charge is -2.20. The van der Waals surface area contributed by atoms with E-state index in [9.17, 15) is 14.4 Å². The third-order valence-electron chi connectivity index (χ3n) is 2.83. The first kappa shape index (κ1) is 15.7. The van der Waals surface area contributed by atoms with Gasteiger partial charge in [-0.05, 0) is 31.5 Å². The summed E-state index contributed by atoms with van der Waals surface area (Å²) in [5.74, 6) is -2.26. The van der Waals surface area contributed by atoms with Crippen LogP contribution in [0.1, 0.15) is 27.2 Å². The average molecular weight is 277 g/mol. The summed E-state index contributed by atoms with van der Waals surface area (Å²) in [7, 11) is 0. The van der Waals surface area contributed by atoms with Crippen LogP contribution in [0, 0.1) is 0 Å². The molecule has 3 N–H and O–H groups in total. The summed E-state index contributed by atoms with van der Waals surface area (Å²) < 4.78 is 0. The van der Waals surface area contributed by atoms with Crippen LogP contribution in [0.4, 0.5) is 11.4 Å². The van der Waals surface area contributed by atoms with E-state index in [2.05, 4.69) is 5.32 Å². The molecule has 108 valence electrons. The van der Waals surface area contributed by atoms with Crippen molar-refractivity contribution in [1.82, 2.24) is 5.32 Å². The fourth-order valence-corrected chi connectivity index (χ4v) is 1.60. The third-order valence-corrected chi connectivity index (χ3v) is 2.83. The number of nitrogen functional groups attached to an aromatic ring is 1. The van der Waals surface area contributed by atoms with Crippen LogP contribution >= 0.6 is 0 Å². The third kappa shape index (κ3) is 3.81. The number of nitrogens with two attached hydrogens (primary N) is 1. The second-order valence-electron chi connectivity index (χ2n) is 4.54. The van der Waals surface area contributed by atoms with Gasteiger partial charge in [-0.15, -0.1) is 0 Å². The smallest absolute Gasteiger partial charge is 0.323 e. The van der Waals surface area contributed by atoms with Gasteiger partial charge in [-0.2, -0.15) is 0 Å². The van der Waals surface area contributed by atoms with Gasteiger partial charge in [-0.1, -0.05) is 13.0 Å². The molecule has 6 nitrogen and oxygen atoms in total. The molecular formula is C14H19N3O3. The SMILES string of the molecule is CCC(C)NC(=O)C(=O)N(C(C)=O)c1cccc(N)c1. The van der Waals surface area contributed by atoms with Crippen molar-refractivity contribution in [3.8, 4) is 0 Å². The van der Waals surface area contributed by atoms with E-state index in [4.69, 9.17) is 5.73 Å². The largest absolute Gasteiger partial charge is 0.399 e. The zero-order chi connectivity index (χ0) is 15.3. The fraction of sp³-hybridized carbons (Fsp3) is 0.357. The van der Waals surface area contributed by atoms with E-state index in [0.29, 0.717) is 12.1 Å². The maximum atomic E-state index is 12.1. The molecular weight excluding hydrogens is 258 g/mol. The van der Waals surface area contributed by atoms with Crippen LogP contribution in [-0.2, 0) is 14.4 Å². The molecule has 0 aliphatic carbocycles. The fourth-order valence-electron chi connectivity index (χ4n) is 1.60. The van der Waals surface area contributed by atoms with Crippen molar-refractivity contribution < 1.29 is 14.4 Å². The molecule has 0 saturated heterocycles. The first-order chi connectivity index (χ1) is 9.36. The van der Waals surface area contributed by atoms with Crippen molar-refractivity contribution in [1.29, 1.82) is 0 Å². The Morgan fingerprint density at radius 1 is 1.35 bits per heavy atom. The van der Waals surface area contributed by atoms with Gasteiger partial charge in [-0.25, -0.2) is 4.90 Å². The zero-order valence-corrected chi connectivity index (χ0v) is 11.8. The number of carbonyl (C=O) groups is 3. The Hall–Kier alpha value is -2.37. The topological polar surface area (TPSA) is 92.5 Å². The average Bonchev–Trinajstić information content (AvgIpc) is 2.38. The molecule has 0 aliphatic heterocycles. The molecule has 0 bridgehead atoms. The molecule has 0 spiro atoms. The molecule has 0 radical (unpaired) electrons. The Morgan fingerprint density at radius 3 is 2.50 bits per heavy atom. The van der Waals surface area contributed by atoms with E-state index < -0.39 is 17.7 Å². The first-order valence-corrected chi connectivity index (χ1v) is 6.37. The molecule has 0 saturated carbocycles. The van der Waals surface area contributed by atoms with E-state index in [1.54, 1.807) is 25.1 Å². The molecule has 6 heteroatoms. The molecule has 0 fully saturated rings. The molecule has 1 aromatic carbocycles. The molecule has 20 heavy (non-hydrogen) atoms. The van der Waals surface area contributed by atoms with Crippen molar-refractivity contribution in [2.45, 2.75) is 33.2 Å². The number of rotatable bonds is 3. The Labute approximate surface area is 117 Å². The molecule has 1 atom stereocenters. The highest BCUT2D eigenvalue weighted by Gasteiger charge is 2.27. The standard InChI is InChI=1S/C14H19N3O3/c1-4-9(2)16-13(19)14(20)17(10(3)18)12-7-5-6-11(15)8-12/h5-9H,4,15H2,1-3H3,(H,16,19). The van der Waals surface area contributed by atoms with E-state index >= 15 is 0 Å². The van der Waals surface area contributed by atoms with E-state index in [1.807, 2.05) is 6.92 Å². The minimum Gasteiger partial charge on any atom is -0.399 e.